The molecule has 0 saturated carbocycles. The van der Waals surface area contributed by atoms with Gasteiger partial charge in [0.25, 0.3) is 0 Å². The molecule has 3 N–H and O–H groups in total. The molecule has 88 valence electrons. The minimum absolute atomic E-state index is 0.127. The summed E-state index contributed by atoms with van der Waals surface area (Å²) in [5.41, 5.74) is 6.48. The van der Waals surface area contributed by atoms with Gasteiger partial charge in [0.15, 0.2) is 0 Å². The van der Waals surface area contributed by atoms with Gasteiger partial charge in [-0.1, -0.05) is 47.1 Å². The van der Waals surface area contributed by atoms with Crippen molar-refractivity contribution < 1.29 is 0 Å². The number of nitrogens with two attached hydrogens (primary N) is 1. The van der Waals surface area contributed by atoms with Gasteiger partial charge >= 0.3 is 0 Å². The predicted molar refractivity (Wildman–Crippen MR) is 73.0 cm³/mol. The minimum Gasteiger partial charge on any atom is -0.271 e. The molecule has 0 saturated heterocycles. The van der Waals surface area contributed by atoms with Gasteiger partial charge < -0.3 is 0 Å². The summed E-state index contributed by atoms with van der Waals surface area (Å²) in [5, 5.41) is 0. The summed E-state index contributed by atoms with van der Waals surface area (Å²) in [5.74, 6) is 5.60. The van der Waals surface area contributed by atoms with Crippen molar-refractivity contribution in [2.24, 2.45) is 5.84 Å². The molecule has 1 atom stereocenters. The summed E-state index contributed by atoms with van der Waals surface area (Å²) in [6.45, 7) is 8.21. The average Bonchev–Trinajstić information content (AvgIpc) is 2.26. The topological polar surface area (TPSA) is 38.0 Å². The van der Waals surface area contributed by atoms with Crippen LogP contribution in [0.3, 0.4) is 0 Å². The fourth-order valence-corrected chi connectivity index (χ4v) is 2.38. The van der Waals surface area contributed by atoms with Gasteiger partial charge in [-0.2, -0.15) is 0 Å². The van der Waals surface area contributed by atoms with Gasteiger partial charge in [-0.3, -0.25) is 11.3 Å². The zero-order chi connectivity index (χ0) is 12.1. The maximum atomic E-state index is 5.60. The molecule has 2 nitrogen and oxygen atoms in total. The molecule has 0 heterocycles. The predicted octanol–water partition coefficient (Wildman–Crippen LogP) is 3.62. The van der Waals surface area contributed by atoms with Crippen molar-refractivity contribution in [2.45, 2.75) is 32.7 Å². The van der Waals surface area contributed by atoms with Crippen molar-refractivity contribution in [3.63, 3.8) is 0 Å². The molecule has 0 aliphatic carbocycles. The van der Waals surface area contributed by atoms with E-state index in [-0.39, 0.29) is 6.04 Å². The average molecular weight is 283 g/mol. The first kappa shape index (κ1) is 13.4. The van der Waals surface area contributed by atoms with Crippen molar-refractivity contribution in [3.8, 4) is 0 Å². The van der Waals surface area contributed by atoms with Crippen LogP contribution in [0, 0.1) is 6.92 Å². The molecule has 0 aromatic heterocycles. The number of aryl methyl sites for hydroxylation is 1. The number of hydrogen-bond donors (Lipinski definition) is 2. The Balaban J connectivity index is 2.90. The number of hydrogen-bond acceptors (Lipinski definition) is 2. The first-order valence-electron chi connectivity index (χ1n) is 5.47. The Morgan fingerprint density at radius 3 is 2.75 bits per heavy atom. The maximum Gasteiger partial charge on any atom is 0.0508 e. The van der Waals surface area contributed by atoms with Crippen LogP contribution in [0.5, 0.6) is 0 Å². The number of benzene rings is 1. The van der Waals surface area contributed by atoms with E-state index in [4.69, 9.17) is 5.84 Å². The maximum absolute atomic E-state index is 5.60. The largest absolute Gasteiger partial charge is 0.271 e. The quantitative estimate of drug-likeness (QED) is 0.492. The molecule has 0 radical (unpaired) electrons. The molecule has 1 aromatic rings. The lowest BCUT2D eigenvalue weighted by Gasteiger charge is -2.19. The van der Waals surface area contributed by atoms with Crippen molar-refractivity contribution in [1.29, 1.82) is 0 Å². The number of hydrazine groups is 1. The van der Waals surface area contributed by atoms with Gasteiger partial charge in [-0.05, 0) is 37.0 Å². The van der Waals surface area contributed by atoms with E-state index in [1.54, 1.807) is 0 Å². The minimum atomic E-state index is 0.127. The van der Waals surface area contributed by atoms with Gasteiger partial charge in [0.1, 0.15) is 0 Å². The number of nitrogens with one attached hydrogen (secondary N) is 1. The Kier molecular flexibility index (Phi) is 5.19. The molecule has 0 aliphatic heterocycles. The molecule has 1 unspecified atom stereocenters. The summed E-state index contributed by atoms with van der Waals surface area (Å²) in [4.78, 5) is 0. The normalized spacial score (nSPS) is 12.5. The van der Waals surface area contributed by atoms with E-state index < -0.39 is 0 Å². The van der Waals surface area contributed by atoms with Crippen LogP contribution in [0.2, 0.25) is 0 Å². The van der Waals surface area contributed by atoms with E-state index in [2.05, 4.69) is 60.0 Å². The van der Waals surface area contributed by atoms with Crippen LogP contribution in [-0.2, 0) is 0 Å². The Labute approximate surface area is 106 Å². The lowest BCUT2D eigenvalue weighted by molar-refractivity contribution is 0.543. The zero-order valence-electron chi connectivity index (χ0n) is 9.89. The highest BCUT2D eigenvalue weighted by atomic mass is 79.9. The second-order valence-electron chi connectivity index (χ2n) is 4.05. The van der Waals surface area contributed by atoms with Crippen LogP contribution in [0.15, 0.2) is 34.8 Å². The second-order valence-corrected chi connectivity index (χ2v) is 4.91. The fraction of sp³-hybridized carbons (Fsp3) is 0.385. The summed E-state index contributed by atoms with van der Waals surface area (Å²) in [6, 6.07) is 6.43. The van der Waals surface area contributed by atoms with Gasteiger partial charge in [-0.25, -0.2) is 0 Å². The Morgan fingerprint density at radius 1 is 1.56 bits per heavy atom. The van der Waals surface area contributed by atoms with Gasteiger partial charge in [-0.15, -0.1) is 0 Å². The van der Waals surface area contributed by atoms with Crippen LogP contribution >= 0.6 is 15.9 Å². The van der Waals surface area contributed by atoms with E-state index in [1.807, 2.05) is 0 Å². The third kappa shape index (κ3) is 3.44. The fourth-order valence-electron chi connectivity index (χ4n) is 1.61. The van der Waals surface area contributed by atoms with Crippen molar-refractivity contribution in [3.05, 3.63) is 46.0 Å². The molecule has 1 aromatic carbocycles. The highest BCUT2D eigenvalue weighted by molar-refractivity contribution is 9.10. The van der Waals surface area contributed by atoms with Crippen molar-refractivity contribution in [2.75, 3.05) is 0 Å². The Morgan fingerprint density at radius 2 is 2.25 bits per heavy atom. The highest BCUT2D eigenvalue weighted by Crippen LogP contribution is 2.28. The van der Waals surface area contributed by atoms with Crippen molar-refractivity contribution in [1.82, 2.24) is 5.43 Å². The standard InChI is InChI=1S/C13H19BrN2/c1-4-9(2)8-13(16-15)11-6-5-10(3)7-12(11)14/h5-7,13,16H,2,4,8,15H2,1,3H3. The summed E-state index contributed by atoms with van der Waals surface area (Å²) < 4.78 is 1.10. The number of rotatable bonds is 5. The van der Waals surface area contributed by atoms with E-state index in [1.165, 1.54) is 16.7 Å². The van der Waals surface area contributed by atoms with Crippen LogP contribution in [0.1, 0.15) is 36.9 Å². The Hall–Kier alpha value is -0.640. The second kappa shape index (κ2) is 6.18. The van der Waals surface area contributed by atoms with Crippen molar-refractivity contribution >= 4 is 15.9 Å². The van der Waals surface area contributed by atoms with Gasteiger partial charge in [0, 0.05) is 4.47 Å². The third-order valence-electron chi connectivity index (χ3n) is 2.73. The smallest absolute Gasteiger partial charge is 0.0508 e. The lowest BCUT2D eigenvalue weighted by Crippen LogP contribution is -2.28. The molecule has 0 fully saturated rings. The monoisotopic (exact) mass is 282 g/mol. The summed E-state index contributed by atoms with van der Waals surface area (Å²) >= 11 is 3.58. The van der Waals surface area contributed by atoms with E-state index in [0.29, 0.717) is 0 Å². The molecule has 0 aliphatic rings. The zero-order valence-corrected chi connectivity index (χ0v) is 11.5. The van der Waals surface area contributed by atoms with E-state index in [0.717, 1.165) is 17.3 Å². The van der Waals surface area contributed by atoms with E-state index >= 15 is 0 Å². The molecular weight excluding hydrogens is 264 g/mol. The van der Waals surface area contributed by atoms with Gasteiger partial charge in [0.05, 0.1) is 6.04 Å². The summed E-state index contributed by atoms with van der Waals surface area (Å²) in [6.07, 6.45) is 1.86. The lowest BCUT2D eigenvalue weighted by atomic mass is 9.98. The first-order valence-corrected chi connectivity index (χ1v) is 6.26. The highest BCUT2D eigenvalue weighted by Gasteiger charge is 2.13. The summed E-state index contributed by atoms with van der Waals surface area (Å²) in [7, 11) is 0. The molecule has 0 amide bonds. The molecule has 3 heteroatoms. The van der Waals surface area contributed by atoms with Crippen LogP contribution in [0.25, 0.3) is 0 Å². The molecule has 16 heavy (non-hydrogen) atoms. The van der Waals surface area contributed by atoms with Crippen LogP contribution in [0.4, 0.5) is 0 Å². The van der Waals surface area contributed by atoms with Crippen LogP contribution < -0.4 is 11.3 Å². The first-order chi connectivity index (χ1) is 7.58. The third-order valence-corrected chi connectivity index (χ3v) is 3.41. The molecular formula is C13H19BrN2. The van der Waals surface area contributed by atoms with Gasteiger partial charge in [0.2, 0.25) is 0 Å². The Bertz CT molecular complexity index is 374. The molecule has 1 rings (SSSR count). The molecule has 0 bridgehead atoms. The van der Waals surface area contributed by atoms with E-state index in [9.17, 15) is 0 Å². The molecule has 0 spiro atoms. The number of halogens is 1. The SMILES string of the molecule is C=C(CC)CC(NN)c1ccc(C)cc1Br. The van der Waals surface area contributed by atoms with Crippen LogP contribution in [-0.4, -0.2) is 0 Å².